The second-order valence-electron chi connectivity index (χ2n) is 4.47. The van der Waals surface area contributed by atoms with Crippen LogP contribution in [0.3, 0.4) is 0 Å². The number of rotatable bonds is 5. The summed E-state index contributed by atoms with van der Waals surface area (Å²) in [6.07, 6.45) is 0.373. The van der Waals surface area contributed by atoms with Gasteiger partial charge in [0.05, 0.1) is 18.9 Å². The molecule has 1 fully saturated rings. The van der Waals surface area contributed by atoms with Crippen LogP contribution >= 0.6 is 0 Å². The van der Waals surface area contributed by atoms with Crippen molar-refractivity contribution in [1.82, 2.24) is 5.32 Å². The quantitative estimate of drug-likeness (QED) is 0.839. The smallest absolute Gasteiger partial charge is 0.307 e. The number of carboxylic acids is 1. The summed E-state index contributed by atoms with van der Waals surface area (Å²) in [6, 6.07) is 4.40. The fourth-order valence-corrected chi connectivity index (χ4v) is 1.90. The van der Waals surface area contributed by atoms with E-state index in [0.29, 0.717) is 12.0 Å². The van der Waals surface area contributed by atoms with Gasteiger partial charge in [0, 0.05) is 6.54 Å². The van der Waals surface area contributed by atoms with Crippen LogP contribution in [-0.4, -0.2) is 24.1 Å². The van der Waals surface area contributed by atoms with Crippen molar-refractivity contribution in [3.05, 3.63) is 29.6 Å². The van der Waals surface area contributed by atoms with Gasteiger partial charge in [-0.3, -0.25) is 9.59 Å². The zero-order valence-electron chi connectivity index (χ0n) is 10.4. The van der Waals surface area contributed by atoms with Gasteiger partial charge in [0.25, 0.3) is 0 Å². The Morgan fingerprint density at radius 1 is 1.47 bits per heavy atom. The van der Waals surface area contributed by atoms with Crippen molar-refractivity contribution in [3.63, 3.8) is 0 Å². The first-order valence-electron chi connectivity index (χ1n) is 5.86. The number of carboxylic acid groups (broad SMARTS) is 1. The second-order valence-corrected chi connectivity index (χ2v) is 4.47. The number of hydrogen-bond acceptors (Lipinski definition) is 3. The van der Waals surface area contributed by atoms with Crippen molar-refractivity contribution in [2.45, 2.75) is 13.0 Å². The molecule has 1 saturated carbocycles. The minimum Gasteiger partial charge on any atom is -0.494 e. The Hall–Kier alpha value is -2.11. The molecule has 2 rings (SSSR count). The molecular formula is C13H14FNO4. The van der Waals surface area contributed by atoms with Crippen LogP contribution < -0.4 is 10.1 Å². The van der Waals surface area contributed by atoms with Crippen LogP contribution in [0.15, 0.2) is 18.2 Å². The van der Waals surface area contributed by atoms with Gasteiger partial charge in [-0.05, 0) is 24.1 Å². The molecule has 0 bridgehead atoms. The fourth-order valence-electron chi connectivity index (χ4n) is 1.90. The van der Waals surface area contributed by atoms with Crippen LogP contribution in [0.1, 0.15) is 12.0 Å². The third-order valence-corrected chi connectivity index (χ3v) is 3.13. The van der Waals surface area contributed by atoms with E-state index >= 15 is 0 Å². The van der Waals surface area contributed by atoms with E-state index in [1.165, 1.54) is 19.2 Å². The summed E-state index contributed by atoms with van der Waals surface area (Å²) in [5.74, 6) is -2.64. The molecule has 2 N–H and O–H groups in total. The Balaban J connectivity index is 1.87. The average molecular weight is 267 g/mol. The maximum atomic E-state index is 13.4. The lowest BCUT2D eigenvalue weighted by Gasteiger charge is -2.07. The van der Waals surface area contributed by atoms with Gasteiger partial charge in [-0.2, -0.15) is 0 Å². The Bertz CT molecular complexity index is 517. The van der Waals surface area contributed by atoms with E-state index in [2.05, 4.69) is 5.32 Å². The van der Waals surface area contributed by atoms with Crippen molar-refractivity contribution in [2.24, 2.45) is 11.8 Å². The number of nitrogens with one attached hydrogen (secondary N) is 1. The molecule has 0 aliphatic heterocycles. The van der Waals surface area contributed by atoms with E-state index in [4.69, 9.17) is 9.84 Å². The van der Waals surface area contributed by atoms with Crippen LogP contribution in [-0.2, 0) is 16.1 Å². The van der Waals surface area contributed by atoms with Gasteiger partial charge in [0.1, 0.15) is 0 Å². The van der Waals surface area contributed by atoms with Gasteiger partial charge in [-0.1, -0.05) is 6.07 Å². The molecule has 0 heterocycles. The van der Waals surface area contributed by atoms with Crippen LogP contribution in [0.25, 0.3) is 0 Å². The lowest BCUT2D eigenvalue weighted by Crippen LogP contribution is -2.25. The highest BCUT2D eigenvalue weighted by Gasteiger charge is 2.48. The number of carbonyl (C=O) groups excluding carboxylic acids is 1. The van der Waals surface area contributed by atoms with E-state index in [9.17, 15) is 14.0 Å². The Kier molecular flexibility index (Phi) is 3.69. The number of benzene rings is 1. The molecular weight excluding hydrogens is 253 g/mol. The zero-order valence-corrected chi connectivity index (χ0v) is 10.4. The number of carbonyl (C=O) groups is 2. The lowest BCUT2D eigenvalue weighted by molar-refractivity contribution is -0.140. The van der Waals surface area contributed by atoms with Crippen molar-refractivity contribution >= 4 is 11.9 Å². The topological polar surface area (TPSA) is 75.6 Å². The summed E-state index contributed by atoms with van der Waals surface area (Å²) in [5, 5.41) is 11.3. The van der Waals surface area contributed by atoms with Crippen molar-refractivity contribution in [2.75, 3.05) is 7.11 Å². The Morgan fingerprint density at radius 3 is 2.74 bits per heavy atom. The molecule has 1 aromatic rings. The normalized spacial score (nSPS) is 20.7. The predicted octanol–water partition coefficient (Wildman–Crippen LogP) is 1.17. The molecule has 6 heteroatoms. The minimum atomic E-state index is -0.948. The summed E-state index contributed by atoms with van der Waals surface area (Å²) in [6.45, 7) is 0.169. The largest absolute Gasteiger partial charge is 0.494 e. The third kappa shape index (κ3) is 3.01. The molecule has 0 unspecified atom stereocenters. The van der Waals surface area contributed by atoms with Crippen molar-refractivity contribution < 1.29 is 23.8 Å². The van der Waals surface area contributed by atoms with Gasteiger partial charge in [0.2, 0.25) is 5.91 Å². The molecule has 1 amide bonds. The molecule has 0 radical (unpaired) electrons. The van der Waals surface area contributed by atoms with Crippen LogP contribution in [0.4, 0.5) is 4.39 Å². The van der Waals surface area contributed by atoms with E-state index < -0.39 is 23.6 Å². The summed E-state index contributed by atoms with van der Waals surface area (Å²) >= 11 is 0. The van der Waals surface area contributed by atoms with Gasteiger partial charge in [-0.25, -0.2) is 4.39 Å². The summed E-state index contributed by atoms with van der Waals surface area (Å²) in [5.41, 5.74) is 0.596. The molecule has 1 aliphatic rings. The first-order valence-corrected chi connectivity index (χ1v) is 5.86. The monoisotopic (exact) mass is 267 g/mol. The first-order chi connectivity index (χ1) is 9.02. The van der Waals surface area contributed by atoms with Gasteiger partial charge in [-0.15, -0.1) is 0 Å². The molecule has 0 spiro atoms. The number of methoxy groups -OCH3 is 1. The van der Waals surface area contributed by atoms with Crippen molar-refractivity contribution in [1.29, 1.82) is 0 Å². The standard InChI is InChI=1S/C13H14FNO4/c1-19-11-3-2-7(4-10(11)14)6-15-12(16)8-5-9(8)13(17)18/h2-4,8-9H,5-6H2,1H3,(H,15,16)(H,17,18)/t8-,9+/m1/s1. The molecule has 5 nitrogen and oxygen atoms in total. The third-order valence-electron chi connectivity index (χ3n) is 3.13. The summed E-state index contributed by atoms with van der Waals surface area (Å²) < 4.78 is 18.2. The van der Waals surface area contributed by atoms with E-state index in [-0.39, 0.29) is 18.2 Å². The van der Waals surface area contributed by atoms with Crippen LogP contribution in [0, 0.1) is 17.7 Å². The highest BCUT2D eigenvalue weighted by molar-refractivity contribution is 5.89. The number of halogens is 1. The summed E-state index contributed by atoms with van der Waals surface area (Å²) in [4.78, 5) is 22.2. The van der Waals surface area contributed by atoms with E-state index in [1.54, 1.807) is 6.07 Å². The predicted molar refractivity (Wildman–Crippen MR) is 64.0 cm³/mol. The van der Waals surface area contributed by atoms with Crippen LogP contribution in [0.2, 0.25) is 0 Å². The SMILES string of the molecule is COc1ccc(CNC(=O)[C@@H]2C[C@@H]2C(=O)O)cc1F. The number of amides is 1. The first kappa shape index (κ1) is 13.3. The van der Waals surface area contributed by atoms with Crippen molar-refractivity contribution in [3.8, 4) is 5.75 Å². The number of ether oxygens (including phenoxy) is 1. The minimum absolute atomic E-state index is 0.142. The molecule has 0 saturated heterocycles. The van der Waals surface area contributed by atoms with Crippen LogP contribution in [0.5, 0.6) is 5.75 Å². The molecule has 1 aromatic carbocycles. The van der Waals surface area contributed by atoms with E-state index in [1.807, 2.05) is 0 Å². The highest BCUT2D eigenvalue weighted by Crippen LogP contribution is 2.38. The molecule has 2 atom stereocenters. The zero-order chi connectivity index (χ0) is 14.0. The van der Waals surface area contributed by atoms with Gasteiger partial charge in [0.15, 0.2) is 11.6 Å². The number of aliphatic carboxylic acids is 1. The molecule has 1 aliphatic carbocycles. The second kappa shape index (κ2) is 5.26. The molecule has 102 valence electrons. The average Bonchev–Trinajstić information content (AvgIpc) is 3.16. The lowest BCUT2D eigenvalue weighted by atomic mass is 10.2. The Labute approximate surface area is 109 Å². The molecule has 19 heavy (non-hydrogen) atoms. The Morgan fingerprint density at radius 2 is 2.21 bits per heavy atom. The van der Waals surface area contributed by atoms with Gasteiger partial charge < -0.3 is 15.2 Å². The van der Waals surface area contributed by atoms with Gasteiger partial charge >= 0.3 is 5.97 Å². The van der Waals surface area contributed by atoms with E-state index in [0.717, 1.165) is 0 Å². The maximum absolute atomic E-state index is 13.4. The summed E-state index contributed by atoms with van der Waals surface area (Å²) in [7, 11) is 1.37. The number of hydrogen-bond donors (Lipinski definition) is 2. The fraction of sp³-hybridized carbons (Fsp3) is 0.385. The highest BCUT2D eigenvalue weighted by atomic mass is 19.1. The maximum Gasteiger partial charge on any atom is 0.307 e. The molecule has 0 aromatic heterocycles.